The molecule has 0 atom stereocenters. The first-order valence-electron chi connectivity index (χ1n) is 29.9. The highest BCUT2D eigenvalue weighted by Crippen LogP contribution is 2.31. The Morgan fingerprint density at radius 3 is 1.30 bits per heavy atom. The van der Waals surface area contributed by atoms with Gasteiger partial charge in [0, 0.05) is 73.7 Å². The first-order chi connectivity index (χ1) is 48.6. The molecule has 0 saturated heterocycles. The summed E-state index contributed by atoms with van der Waals surface area (Å²) in [4.78, 5) is 92.6. The van der Waals surface area contributed by atoms with Gasteiger partial charge in [0.25, 0.3) is 0 Å². The molecule has 0 fully saturated rings. The quantitative estimate of drug-likeness (QED) is 0.0244. The van der Waals surface area contributed by atoms with Crippen molar-refractivity contribution in [2.75, 3.05) is 36.2 Å². The van der Waals surface area contributed by atoms with Crippen molar-refractivity contribution in [2.24, 2.45) is 37.0 Å². The average Bonchev–Trinajstić information content (AvgIpc) is 1.65. The molecule has 12 aromatic rings. The number of rotatable bonds is 16. The van der Waals surface area contributed by atoms with Crippen molar-refractivity contribution in [1.29, 1.82) is 0 Å². The Hall–Kier alpha value is -14.6. The second-order valence-corrected chi connectivity index (χ2v) is 21.3. The minimum atomic E-state index is -1.33. The molecule has 2 heterocycles. The lowest BCUT2D eigenvalue weighted by Gasteiger charge is -2.07. The topological polar surface area (TPSA) is 463 Å². The molecule has 0 aliphatic carbocycles. The molecular formula is C72H64F2N14O14. The Labute approximate surface area is 578 Å². The first-order valence-corrected chi connectivity index (χ1v) is 29.9. The summed E-state index contributed by atoms with van der Waals surface area (Å²) in [5, 5.41) is 42.9. The van der Waals surface area contributed by atoms with Gasteiger partial charge in [-0.05, 0) is 170 Å². The van der Waals surface area contributed by atoms with Crippen LogP contribution in [0.15, 0.2) is 218 Å². The molecule has 12 rings (SSSR count). The molecule has 0 aliphatic rings. The third-order valence-corrected chi connectivity index (χ3v) is 14.5. The van der Waals surface area contributed by atoms with Gasteiger partial charge in [-0.2, -0.15) is 8.78 Å². The molecule has 0 bridgehead atoms. The van der Waals surface area contributed by atoms with Crippen molar-refractivity contribution < 1.29 is 67.1 Å². The fourth-order valence-electron chi connectivity index (χ4n) is 9.25. The lowest BCUT2D eigenvalue weighted by molar-refractivity contribution is -0.387. The first kappa shape index (κ1) is 74.8. The van der Waals surface area contributed by atoms with E-state index in [1.54, 1.807) is 74.8 Å². The Morgan fingerprint density at radius 2 is 0.833 bits per heavy atom. The number of primary amides is 4. The molecule has 0 radical (unpaired) electrons. The van der Waals surface area contributed by atoms with Crippen LogP contribution in [-0.2, 0) is 14.1 Å². The molecule has 102 heavy (non-hydrogen) atoms. The molecular weight excluding hydrogens is 1320 g/mol. The highest BCUT2D eigenvalue weighted by molar-refractivity contribution is 5.99. The predicted molar refractivity (Wildman–Crippen MR) is 380 cm³/mol. The van der Waals surface area contributed by atoms with Crippen LogP contribution in [0.25, 0.3) is 44.8 Å². The van der Waals surface area contributed by atoms with E-state index >= 15 is 0 Å². The second-order valence-electron chi connectivity index (χ2n) is 21.3. The minimum Gasteiger partial charge on any atom is -0.478 e. The van der Waals surface area contributed by atoms with E-state index in [0.29, 0.717) is 51.4 Å². The van der Waals surface area contributed by atoms with E-state index in [1.165, 1.54) is 0 Å². The van der Waals surface area contributed by atoms with Crippen molar-refractivity contribution in [3.8, 4) is 45.8 Å². The number of fused-ring (bicyclic) bond motifs is 2. The van der Waals surface area contributed by atoms with Crippen molar-refractivity contribution in [2.45, 2.75) is 0 Å². The van der Waals surface area contributed by atoms with Crippen LogP contribution in [0.1, 0.15) is 62.1 Å². The SMILES string of the molecule is CNc1cc(C(N)=O)ccc1N.CNc1ccc(C(N)=O)cc1N.Cn1c(-c2ccc(Oc3ccccc3)cc2)nc2cc(C(N)=O)ccc21.Cn1c(-c2ccc(Oc3ccccc3)cc2)nc2ccc(C(N)=O)cc21.O=C(O)c1ccc(F)c([N+](=O)[O-])c1.O=C(O)c1ccc([N+](=O)[O-])c(F)c1. The zero-order valence-corrected chi connectivity index (χ0v) is 54.5. The summed E-state index contributed by atoms with van der Waals surface area (Å²) in [6.07, 6.45) is 0. The van der Waals surface area contributed by atoms with E-state index in [9.17, 15) is 57.8 Å². The minimum absolute atomic E-state index is 0.312. The van der Waals surface area contributed by atoms with Crippen LogP contribution in [0, 0.1) is 31.9 Å². The Kier molecular flexibility index (Phi) is 25.2. The lowest BCUT2D eigenvalue weighted by Crippen LogP contribution is -2.11. The number of anilines is 4. The molecule has 520 valence electrons. The van der Waals surface area contributed by atoms with Gasteiger partial charge in [0.1, 0.15) is 34.6 Å². The number of carbonyl (C=O) groups excluding carboxylic acids is 4. The number of nitro groups is 2. The summed E-state index contributed by atoms with van der Waals surface area (Å²) in [6, 6.07) is 59.9. The summed E-state index contributed by atoms with van der Waals surface area (Å²) in [5.74, 6) is -1.94. The van der Waals surface area contributed by atoms with E-state index in [1.807, 2.05) is 145 Å². The van der Waals surface area contributed by atoms with Gasteiger partial charge in [0.2, 0.25) is 35.3 Å². The molecule has 16 N–H and O–H groups in total. The molecule has 2 aromatic heterocycles. The summed E-state index contributed by atoms with van der Waals surface area (Å²) in [6.45, 7) is 0. The number of hydrogen-bond donors (Lipinski definition) is 10. The number of benzene rings is 10. The average molecular weight is 1390 g/mol. The Bertz CT molecular complexity index is 5000. The third kappa shape index (κ3) is 19.8. The number of nitro benzene ring substituents is 2. The molecule has 0 saturated carbocycles. The highest BCUT2D eigenvalue weighted by Gasteiger charge is 2.19. The maximum atomic E-state index is 12.8. The predicted octanol–water partition coefficient (Wildman–Crippen LogP) is 11.9. The third-order valence-electron chi connectivity index (χ3n) is 14.5. The number of nitrogen functional groups attached to an aromatic ring is 2. The number of carboxylic acid groups (broad SMARTS) is 2. The van der Waals surface area contributed by atoms with E-state index in [0.717, 1.165) is 97.8 Å². The number of aromatic carboxylic acids is 2. The normalized spacial score (nSPS) is 10.2. The van der Waals surface area contributed by atoms with Crippen molar-refractivity contribution in [3.63, 3.8) is 0 Å². The molecule has 28 nitrogen and oxygen atoms in total. The highest BCUT2D eigenvalue weighted by atomic mass is 19.1. The Morgan fingerprint density at radius 1 is 0.422 bits per heavy atom. The molecule has 4 amide bonds. The van der Waals surface area contributed by atoms with Gasteiger partial charge in [0.15, 0.2) is 0 Å². The fraction of sp³-hybridized carbons (Fsp3) is 0.0556. The van der Waals surface area contributed by atoms with Crippen LogP contribution in [-0.4, -0.2) is 88.8 Å². The van der Waals surface area contributed by atoms with Gasteiger partial charge in [-0.3, -0.25) is 39.4 Å². The number of hydrogen-bond acceptors (Lipinski definition) is 18. The number of amides is 4. The van der Waals surface area contributed by atoms with Gasteiger partial charge in [-0.15, -0.1) is 0 Å². The number of aromatic nitrogens is 4. The van der Waals surface area contributed by atoms with E-state index < -0.39 is 68.4 Å². The zero-order chi connectivity index (χ0) is 74.5. The van der Waals surface area contributed by atoms with Crippen LogP contribution < -0.4 is 54.5 Å². The van der Waals surface area contributed by atoms with Gasteiger partial charge < -0.3 is 73.9 Å². The number of nitrogens with two attached hydrogens (primary N) is 6. The number of halogens is 2. The Balaban J connectivity index is 0.000000178. The largest absolute Gasteiger partial charge is 0.478 e. The standard InChI is InChI=1S/2C21H17N3O2.2C8H11N3O.2C7H4FNO4/c1-24-19-12-9-15(20(22)25)13-18(19)23-21(24)14-7-10-17(11-8-14)26-16-5-3-2-4-6-16;1-24-19-13-15(20(22)25)9-12-18(19)23-21(24)14-7-10-17(11-8-14)26-16-5-3-2-4-6-16;1-11-7-3-2-5(8(10)12)4-6(7)9;1-11-7-4-5(8(10)12)2-3-6(7)9;8-5-3-4(7(10)11)1-2-6(5)9(12)13;8-5-2-1-4(7(10)11)3-6(5)9(12)13/h2*2-13H,1H3,(H2,22,25);2*2-4,11H,9H2,1H3,(H2,10,12);2*1-3H,(H,10,11). The molecule has 0 aliphatic heterocycles. The van der Waals surface area contributed by atoms with E-state index in [2.05, 4.69) is 20.6 Å². The number of imidazole rings is 2. The van der Waals surface area contributed by atoms with Crippen LogP contribution in [0.2, 0.25) is 0 Å². The van der Waals surface area contributed by atoms with E-state index in [4.69, 9.17) is 54.1 Å². The fourth-order valence-corrected chi connectivity index (χ4v) is 9.25. The van der Waals surface area contributed by atoms with Crippen LogP contribution >= 0.6 is 0 Å². The van der Waals surface area contributed by atoms with Gasteiger partial charge >= 0.3 is 23.3 Å². The maximum Gasteiger partial charge on any atom is 0.335 e. The summed E-state index contributed by atoms with van der Waals surface area (Å²) < 4.78 is 41.0. The molecule has 30 heteroatoms. The molecule has 10 aromatic carbocycles. The van der Waals surface area contributed by atoms with Crippen molar-refractivity contribution in [3.05, 3.63) is 284 Å². The number of aryl methyl sites for hydroxylation is 2. The second kappa shape index (κ2) is 34.4. The van der Waals surface area contributed by atoms with Crippen molar-refractivity contribution >= 4 is 91.8 Å². The monoisotopic (exact) mass is 1390 g/mol. The number of para-hydroxylation sites is 2. The summed E-state index contributed by atoms with van der Waals surface area (Å²) in [7, 11) is 7.36. The number of carbonyl (C=O) groups is 6. The molecule has 0 spiro atoms. The van der Waals surface area contributed by atoms with Crippen LogP contribution in [0.4, 0.5) is 42.9 Å². The van der Waals surface area contributed by atoms with Crippen LogP contribution in [0.3, 0.4) is 0 Å². The van der Waals surface area contributed by atoms with Gasteiger partial charge in [0.05, 0.1) is 65.8 Å². The maximum absolute atomic E-state index is 12.8. The van der Waals surface area contributed by atoms with E-state index in [-0.39, 0.29) is 11.1 Å². The van der Waals surface area contributed by atoms with Gasteiger partial charge in [-0.25, -0.2) is 19.6 Å². The summed E-state index contributed by atoms with van der Waals surface area (Å²) in [5.41, 5.74) is 39.6. The number of carboxylic acids is 2. The summed E-state index contributed by atoms with van der Waals surface area (Å²) >= 11 is 0. The molecule has 0 unspecified atom stereocenters. The number of nitrogens with one attached hydrogen (secondary N) is 2. The number of nitrogens with zero attached hydrogens (tertiary/aromatic N) is 6. The lowest BCUT2D eigenvalue weighted by atomic mass is 10.1. The number of ether oxygens (including phenoxy) is 2. The van der Waals surface area contributed by atoms with Crippen molar-refractivity contribution in [1.82, 2.24) is 19.1 Å². The zero-order valence-electron chi connectivity index (χ0n) is 54.5. The van der Waals surface area contributed by atoms with Gasteiger partial charge in [-0.1, -0.05) is 36.4 Å². The van der Waals surface area contributed by atoms with Crippen LogP contribution in [0.5, 0.6) is 23.0 Å². The smallest absolute Gasteiger partial charge is 0.335 e.